The van der Waals surface area contributed by atoms with E-state index in [1.165, 1.54) is 6.42 Å². The molecule has 3 N–H and O–H groups in total. The summed E-state index contributed by atoms with van der Waals surface area (Å²) in [6.07, 6.45) is 5.22. The zero-order valence-corrected chi connectivity index (χ0v) is 13.1. The summed E-state index contributed by atoms with van der Waals surface area (Å²) >= 11 is 0. The van der Waals surface area contributed by atoms with Gasteiger partial charge in [0.2, 0.25) is 0 Å². The number of nitrogens with one attached hydrogen (secondary N) is 1. The van der Waals surface area contributed by atoms with Gasteiger partial charge in [-0.3, -0.25) is 4.79 Å². The lowest BCUT2D eigenvalue weighted by atomic mass is 10.0. The quantitative estimate of drug-likeness (QED) is 0.660. The molecular formula is C16H26N4O. The smallest absolute Gasteiger partial charge is 0.254 e. The first kappa shape index (κ1) is 15.8. The molecule has 1 fully saturated rings. The molecule has 116 valence electrons. The van der Waals surface area contributed by atoms with Gasteiger partial charge in [-0.25, -0.2) is 10.8 Å². The van der Waals surface area contributed by atoms with Crippen molar-refractivity contribution >= 4 is 11.7 Å². The van der Waals surface area contributed by atoms with Crippen molar-refractivity contribution in [3.8, 4) is 0 Å². The highest BCUT2D eigenvalue weighted by Crippen LogP contribution is 2.19. The SMILES string of the molecule is CCCc1cc(C(=O)N2CCCC(C)CC2)cc(NN)n1. The number of hydrogen-bond acceptors (Lipinski definition) is 4. The molecule has 1 saturated heterocycles. The summed E-state index contributed by atoms with van der Waals surface area (Å²) in [5, 5.41) is 0. The largest absolute Gasteiger partial charge is 0.339 e. The first-order valence-corrected chi connectivity index (χ1v) is 7.91. The number of hydrazine groups is 1. The molecule has 1 aromatic rings. The van der Waals surface area contributed by atoms with E-state index in [0.29, 0.717) is 17.3 Å². The van der Waals surface area contributed by atoms with Crippen LogP contribution in [0.25, 0.3) is 0 Å². The van der Waals surface area contributed by atoms with Crippen molar-refractivity contribution in [3.05, 3.63) is 23.4 Å². The highest BCUT2D eigenvalue weighted by Gasteiger charge is 2.20. The molecule has 0 radical (unpaired) electrons. The van der Waals surface area contributed by atoms with E-state index in [1.54, 1.807) is 6.07 Å². The molecule has 5 nitrogen and oxygen atoms in total. The van der Waals surface area contributed by atoms with Crippen LogP contribution < -0.4 is 11.3 Å². The number of pyridine rings is 1. The zero-order chi connectivity index (χ0) is 15.2. The van der Waals surface area contributed by atoms with Crippen LogP contribution in [0.2, 0.25) is 0 Å². The third-order valence-electron chi connectivity index (χ3n) is 4.08. The van der Waals surface area contributed by atoms with Crippen LogP contribution in [-0.4, -0.2) is 28.9 Å². The van der Waals surface area contributed by atoms with Crippen LogP contribution >= 0.6 is 0 Å². The van der Waals surface area contributed by atoms with E-state index < -0.39 is 0 Å². The Bertz CT molecular complexity index is 489. The van der Waals surface area contributed by atoms with Gasteiger partial charge in [-0.2, -0.15) is 0 Å². The number of rotatable bonds is 4. The number of carbonyl (C=O) groups excluding carboxylic acids is 1. The van der Waals surface area contributed by atoms with Crippen LogP contribution in [0.3, 0.4) is 0 Å². The van der Waals surface area contributed by atoms with Crippen molar-refractivity contribution in [2.75, 3.05) is 18.5 Å². The highest BCUT2D eigenvalue weighted by molar-refractivity contribution is 5.95. The Hall–Kier alpha value is -1.62. The number of likely N-dealkylation sites (tertiary alicyclic amines) is 1. The Labute approximate surface area is 126 Å². The van der Waals surface area contributed by atoms with Gasteiger partial charge in [0, 0.05) is 24.3 Å². The van der Waals surface area contributed by atoms with Crippen molar-refractivity contribution < 1.29 is 4.79 Å². The number of carbonyl (C=O) groups is 1. The lowest BCUT2D eigenvalue weighted by molar-refractivity contribution is 0.0760. The predicted octanol–water partition coefficient (Wildman–Crippen LogP) is 2.58. The normalized spacial score (nSPS) is 19.2. The number of hydrogen-bond donors (Lipinski definition) is 2. The summed E-state index contributed by atoms with van der Waals surface area (Å²) in [4.78, 5) is 19.1. The summed E-state index contributed by atoms with van der Waals surface area (Å²) in [7, 11) is 0. The summed E-state index contributed by atoms with van der Waals surface area (Å²) in [6, 6.07) is 3.65. The standard InChI is InChI=1S/C16H26N4O/c1-3-5-14-10-13(11-15(18-14)19-17)16(21)20-8-4-6-12(2)7-9-20/h10-12H,3-9,17H2,1-2H3,(H,18,19). The summed E-state index contributed by atoms with van der Waals surface area (Å²) < 4.78 is 0. The van der Waals surface area contributed by atoms with Gasteiger partial charge in [-0.05, 0) is 43.7 Å². The minimum atomic E-state index is 0.0975. The number of amides is 1. The van der Waals surface area contributed by atoms with Crippen molar-refractivity contribution in [3.63, 3.8) is 0 Å². The fourth-order valence-corrected chi connectivity index (χ4v) is 2.82. The average molecular weight is 290 g/mol. The molecule has 1 unspecified atom stereocenters. The monoisotopic (exact) mass is 290 g/mol. The van der Waals surface area contributed by atoms with E-state index in [0.717, 1.165) is 44.5 Å². The Balaban J connectivity index is 2.19. The molecule has 2 rings (SSSR count). The highest BCUT2D eigenvalue weighted by atomic mass is 16.2. The van der Waals surface area contributed by atoms with Crippen molar-refractivity contribution in [1.29, 1.82) is 0 Å². The maximum atomic E-state index is 12.7. The number of nitrogens with two attached hydrogens (primary N) is 1. The Morgan fingerprint density at radius 3 is 2.95 bits per heavy atom. The van der Waals surface area contributed by atoms with Crippen LogP contribution in [-0.2, 0) is 6.42 Å². The van der Waals surface area contributed by atoms with Crippen molar-refractivity contribution in [2.45, 2.75) is 46.0 Å². The second-order valence-corrected chi connectivity index (χ2v) is 5.96. The van der Waals surface area contributed by atoms with Gasteiger partial charge in [0.15, 0.2) is 0 Å². The Kier molecular flexibility index (Phi) is 5.56. The van der Waals surface area contributed by atoms with E-state index in [2.05, 4.69) is 24.3 Å². The van der Waals surface area contributed by atoms with E-state index in [1.807, 2.05) is 11.0 Å². The molecule has 1 amide bonds. The zero-order valence-electron chi connectivity index (χ0n) is 13.1. The van der Waals surface area contributed by atoms with Crippen LogP contribution in [0.1, 0.15) is 55.6 Å². The second kappa shape index (κ2) is 7.41. The Morgan fingerprint density at radius 1 is 1.43 bits per heavy atom. The molecule has 0 spiro atoms. The second-order valence-electron chi connectivity index (χ2n) is 5.96. The van der Waals surface area contributed by atoms with Crippen LogP contribution in [0.4, 0.5) is 5.82 Å². The van der Waals surface area contributed by atoms with Crippen LogP contribution in [0, 0.1) is 5.92 Å². The lowest BCUT2D eigenvalue weighted by Crippen LogP contribution is -2.32. The van der Waals surface area contributed by atoms with Crippen molar-refractivity contribution in [1.82, 2.24) is 9.88 Å². The third-order valence-corrected chi connectivity index (χ3v) is 4.08. The molecule has 0 aromatic carbocycles. The Morgan fingerprint density at radius 2 is 2.24 bits per heavy atom. The van der Waals surface area contributed by atoms with E-state index in [4.69, 9.17) is 5.84 Å². The molecule has 1 atom stereocenters. The van der Waals surface area contributed by atoms with Gasteiger partial charge < -0.3 is 10.3 Å². The fourth-order valence-electron chi connectivity index (χ4n) is 2.82. The molecule has 2 heterocycles. The minimum absolute atomic E-state index is 0.0975. The fraction of sp³-hybridized carbons (Fsp3) is 0.625. The van der Waals surface area contributed by atoms with E-state index in [-0.39, 0.29) is 5.91 Å². The number of nitrogens with zero attached hydrogens (tertiary/aromatic N) is 2. The molecule has 1 aliphatic rings. The van der Waals surface area contributed by atoms with Gasteiger partial charge in [0.1, 0.15) is 5.82 Å². The van der Waals surface area contributed by atoms with Gasteiger partial charge in [-0.15, -0.1) is 0 Å². The van der Waals surface area contributed by atoms with E-state index in [9.17, 15) is 4.79 Å². The van der Waals surface area contributed by atoms with Gasteiger partial charge in [0.05, 0.1) is 0 Å². The number of aromatic nitrogens is 1. The first-order valence-electron chi connectivity index (χ1n) is 7.91. The van der Waals surface area contributed by atoms with E-state index >= 15 is 0 Å². The van der Waals surface area contributed by atoms with Crippen LogP contribution in [0.5, 0.6) is 0 Å². The number of aryl methyl sites for hydroxylation is 1. The molecule has 0 bridgehead atoms. The predicted molar refractivity (Wildman–Crippen MR) is 85.0 cm³/mol. The average Bonchev–Trinajstić information content (AvgIpc) is 2.71. The molecule has 1 aromatic heterocycles. The van der Waals surface area contributed by atoms with Gasteiger partial charge in [0.25, 0.3) is 5.91 Å². The first-order chi connectivity index (χ1) is 10.1. The molecular weight excluding hydrogens is 264 g/mol. The molecule has 0 saturated carbocycles. The molecule has 5 heteroatoms. The third kappa shape index (κ3) is 4.17. The minimum Gasteiger partial charge on any atom is -0.339 e. The van der Waals surface area contributed by atoms with Gasteiger partial charge >= 0.3 is 0 Å². The number of anilines is 1. The van der Waals surface area contributed by atoms with Crippen molar-refractivity contribution in [2.24, 2.45) is 11.8 Å². The lowest BCUT2D eigenvalue weighted by Gasteiger charge is -2.21. The molecule has 21 heavy (non-hydrogen) atoms. The molecule has 1 aliphatic heterocycles. The summed E-state index contributed by atoms with van der Waals surface area (Å²) in [5.74, 6) is 6.83. The number of nitrogen functional groups attached to an aromatic ring is 1. The molecule has 0 aliphatic carbocycles. The summed E-state index contributed by atoms with van der Waals surface area (Å²) in [5.41, 5.74) is 4.17. The maximum absolute atomic E-state index is 12.7. The van der Waals surface area contributed by atoms with Gasteiger partial charge in [-0.1, -0.05) is 20.3 Å². The topological polar surface area (TPSA) is 71.2 Å². The maximum Gasteiger partial charge on any atom is 0.254 e. The van der Waals surface area contributed by atoms with Crippen LogP contribution in [0.15, 0.2) is 12.1 Å². The summed E-state index contributed by atoms with van der Waals surface area (Å²) in [6.45, 7) is 6.05.